The zero-order chi connectivity index (χ0) is 12.6. The highest BCUT2D eigenvalue weighted by Crippen LogP contribution is 2.38. The molecule has 1 heterocycles. The van der Waals surface area contributed by atoms with Crippen LogP contribution in [0.15, 0.2) is 24.3 Å². The van der Waals surface area contributed by atoms with Crippen molar-refractivity contribution in [1.82, 2.24) is 0 Å². The van der Waals surface area contributed by atoms with Crippen LogP contribution in [0.4, 0.5) is 10.1 Å². The lowest BCUT2D eigenvalue weighted by atomic mass is 10.0. The van der Waals surface area contributed by atoms with E-state index in [1.54, 1.807) is 19.1 Å². The Labute approximate surface area is 101 Å². The van der Waals surface area contributed by atoms with Crippen molar-refractivity contribution >= 4 is 23.0 Å². The predicted molar refractivity (Wildman–Crippen MR) is 65.8 cm³/mol. The predicted octanol–water partition coefficient (Wildman–Crippen LogP) is 3.14. The topological polar surface area (TPSA) is 63.3 Å². The van der Waals surface area contributed by atoms with Crippen molar-refractivity contribution in [3.8, 4) is 11.1 Å². The van der Waals surface area contributed by atoms with E-state index in [4.69, 9.17) is 10.8 Å². The fraction of sp³-hybridized carbons (Fsp3) is 0.0833. The van der Waals surface area contributed by atoms with Crippen LogP contribution < -0.4 is 5.73 Å². The minimum atomic E-state index is -1.04. The fourth-order valence-corrected chi connectivity index (χ4v) is 2.63. The molecule has 0 saturated heterocycles. The van der Waals surface area contributed by atoms with E-state index in [0.29, 0.717) is 5.56 Å². The Morgan fingerprint density at radius 1 is 1.35 bits per heavy atom. The minimum Gasteiger partial charge on any atom is -0.477 e. The Kier molecular flexibility index (Phi) is 2.85. The van der Waals surface area contributed by atoms with Crippen LogP contribution >= 0.6 is 11.3 Å². The number of aromatic carboxylic acids is 1. The number of hydrogen-bond acceptors (Lipinski definition) is 3. The van der Waals surface area contributed by atoms with Crippen molar-refractivity contribution in [3.63, 3.8) is 0 Å². The molecule has 1 aromatic carbocycles. The maximum absolute atomic E-state index is 12.8. The van der Waals surface area contributed by atoms with Crippen LogP contribution in [0, 0.1) is 12.7 Å². The summed E-state index contributed by atoms with van der Waals surface area (Å²) < 4.78 is 12.8. The summed E-state index contributed by atoms with van der Waals surface area (Å²) in [6, 6.07) is 5.83. The van der Waals surface area contributed by atoms with Crippen molar-refractivity contribution in [2.45, 2.75) is 6.92 Å². The Balaban J connectivity index is 2.59. The second-order valence-corrected chi connectivity index (χ2v) is 4.81. The average Bonchev–Trinajstić information content (AvgIpc) is 2.56. The maximum Gasteiger partial charge on any atom is 0.348 e. The third kappa shape index (κ3) is 2.01. The first kappa shape index (κ1) is 11.6. The molecular formula is C12H10FNO2S. The smallest absolute Gasteiger partial charge is 0.348 e. The number of aryl methyl sites for hydroxylation is 1. The average molecular weight is 251 g/mol. The van der Waals surface area contributed by atoms with Crippen molar-refractivity contribution in [3.05, 3.63) is 39.8 Å². The van der Waals surface area contributed by atoms with E-state index >= 15 is 0 Å². The molecule has 17 heavy (non-hydrogen) atoms. The van der Waals surface area contributed by atoms with E-state index in [2.05, 4.69) is 0 Å². The number of nitrogen functional groups attached to an aromatic ring is 1. The molecule has 0 aliphatic rings. The number of hydrogen-bond donors (Lipinski definition) is 2. The van der Waals surface area contributed by atoms with Crippen LogP contribution in [0.25, 0.3) is 11.1 Å². The third-order valence-corrected chi connectivity index (χ3v) is 3.56. The zero-order valence-corrected chi connectivity index (χ0v) is 9.84. The van der Waals surface area contributed by atoms with Gasteiger partial charge in [0, 0.05) is 10.4 Å². The summed E-state index contributed by atoms with van der Waals surface area (Å²) in [7, 11) is 0. The van der Waals surface area contributed by atoms with E-state index in [0.717, 1.165) is 21.8 Å². The van der Waals surface area contributed by atoms with Gasteiger partial charge < -0.3 is 10.8 Å². The maximum atomic E-state index is 12.8. The van der Waals surface area contributed by atoms with Gasteiger partial charge >= 0.3 is 5.97 Å². The van der Waals surface area contributed by atoms with E-state index in [9.17, 15) is 9.18 Å². The Morgan fingerprint density at radius 2 is 1.94 bits per heavy atom. The number of carboxylic acids is 1. The summed E-state index contributed by atoms with van der Waals surface area (Å²) in [5.41, 5.74) is 7.45. The highest BCUT2D eigenvalue weighted by Gasteiger charge is 2.19. The molecule has 0 fully saturated rings. The van der Waals surface area contributed by atoms with Crippen LogP contribution in [0.2, 0.25) is 0 Å². The number of rotatable bonds is 2. The summed E-state index contributed by atoms with van der Waals surface area (Å²) in [6.07, 6.45) is 0. The van der Waals surface area contributed by atoms with Gasteiger partial charge in [0.05, 0.1) is 5.69 Å². The van der Waals surface area contributed by atoms with Gasteiger partial charge in [0.1, 0.15) is 10.7 Å². The van der Waals surface area contributed by atoms with E-state index in [1.807, 2.05) is 0 Å². The number of halogens is 1. The normalized spacial score (nSPS) is 10.5. The van der Waals surface area contributed by atoms with Gasteiger partial charge in [0.15, 0.2) is 0 Å². The lowest BCUT2D eigenvalue weighted by Crippen LogP contribution is -1.98. The van der Waals surface area contributed by atoms with Crippen molar-refractivity contribution in [2.24, 2.45) is 0 Å². The van der Waals surface area contributed by atoms with E-state index in [-0.39, 0.29) is 16.4 Å². The SMILES string of the molecule is Cc1sc(C(=O)O)c(N)c1-c1ccc(F)cc1. The van der Waals surface area contributed by atoms with Crippen molar-refractivity contribution in [1.29, 1.82) is 0 Å². The van der Waals surface area contributed by atoms with Gasteiger partial charge in [-0.15, -0.1) is 11.3 Å². The molecule has 0 aliphatic carbocycles. The summed E-state index contributed by atoms with van der Waals surface area (Å²) >= 11 is 1.13. The van der Waals surface area contributed by atoms with Crippen molar-refractivity contribution < 1.29 is 14.3 Å². The van der Waals surface area contributed by atoms with Gasteiger partial charge in [0.2, 0.25) is 0 Å². The Morgan fingerprint density at radius 3 is 2.41 bits per heavy atom. The minimum absolute atomic E-state index is 0.127. The van der Waals surface area contributed by atoms with Crippen LogP contribution in [0.3, 0.4) is 0 Å². The standard InChI is InChI=1S/C12H10FNO2S/c1-6-9(7-2-4-8(13)5-3-7)10(14)11(17-6)12(15)16/h2-5H,14H2,1H3,(H,15,16). The molecule has 3 N–H and O–H groups in total. The van der Waals surface area contributed by atoms with Crippen molar-refractivity contribution in [2.75, 3.05) is 5.73 Å². The molecule has 88 valence electrons. The van der Waals surface area contributed by atoms with Crippen LogP contribution in [0.1, 0.15) is 14.5 Å². The van der Waals surface area contributed by atoms with Gasteiger partial charge in [-0.2, -0.15) is 0 Å². The molecule has 0 radical (unpaired) electrons. The summed E-state index contributed by atoms with van der Waals surface area (Å²) in [6.45, 7) is 1.80. The monoisotopic (exact) mass is 251 g/mol. The Hall–Kier alpha value is -1.88. The summed E-state index contributed by atoms with van der Waals surface area (Å²) in [5, 5.41) is 8.96. The second-order valence-electron chi connectivity index (χ2n) is 3.59. The number of anilines is 1. The van der Waals surface area contributed by atoms with Crippen LogP contribution in [-0.4, -0.2) is 11.1 Å². The van der Waals surface area contributed by atoms with E-state index in [1.165, 1.54) is 12.1 Å². The van der Waals surface area contributed by atoms with Gasteiger partial charge in [-0.05, 0) is 24.6 Å². The lowest BCUT2D eigenvalue weighted by molar-refractivity contribution is 0.0703. The fourth-order valence-electron chi connectivity index (χ4n) is 1.70. The molecular weight excluding hydrogens is 241 g/mol. The van der Waals surface area contributed by atoms with Gasteiger partial charge in [0.25, 0.3) is 0 Å². The number of thiophene rings is 1. The molecule has 5 heteroatoms. The number of carbonyl (C=O) groups is 1. The van der Waals surface area contributed by atoms with Crippen LogP contribution in [-0.2, 0) is 0 Å². The largest absolute Gasteiger partial charge is 0.477 e. The first-order valence-electron chi connectivity index (χ1n) is 4.89. The van der Waals surface area contributed by atoms with Crippen LogP contribution in [0.5, 0.6) is 0 Å². The quantitative estimate of drug-likeness (QED) is 0.861. The first-order valence-corrected chi connectivity index (χ1v) is 5.70. The molecule has 0 atom stereocenters. The number of nitrogens with two attached hydrogens (primary N) is 1. The molecule has 3 nitrogen and oxygen atoms in total. The molecule has 0 aliphatic heterocycles. The third-order valence-electron chi connectivity index (χ3n) is 2.45. The summed E-state index contributed by atoms with van der Waals surface area (Å²) in [5.74, 6) is -1.37. The molecule has 0 saturated carbocycles. The molecule has 0 bridgehead atoms. The highest BCUT2D eigenvalue weighted by atomic mass is 32.1. The summed E-state index contributed by atoms with van der Waals surface area (Å²) in [4.78, 5) is 11.9. The lowest BCUT2D eigenvalue weighted by Gasteiger charge is -2.02. The number of carboxylic acid groups (broad SMARTS) is 1. The first-order chi connectivity index (χ1) is 8.00. The molecule has 2 aromatic rings. The molecule has 0 amide bonds. The Bertz CT molecular complexity index is 575. The van der Waals surface area contributed by atoms with E-state index < -0.39 is 5.97 Å². The second kappa shape index (κ2) is 4.18. The zero-order valence-electron chi connectivity index (χ0n) is 9.03. The highest BCUT2D eigenvalue weighted by molar-refractivity contribution is 7.15. The van der Waals surface area contributed by atoms with Gasteiger partial charge in [-0.1, -0.05) is 12.1 Å². The molecule has 0 unspecified atom stereocenters. The number of benzene rings is 1. The molecule has 0 spiro atoms. The van der Waals surface area contributed by atoms with Gasteiger partial charge in [-0.25, -0.2) is 9.18 Å². The molecule has 1 aromatic heterocycles. The van der Waals surface area contributed by atoms with Gasteiger partial charge in [-0.3, -0.25) is 0 Å². The molecule has 2 rings (SSSR count).